The number of amides is 3. The van der Waals surface area contributed by atoms with Gasteiger partial charge in [-0.05, 0) is 51.7 Å². The number of nitrogens with zero attached hydrogens (tertiary/aromatic N) is 2. The van der Waals surface area contributed by atoms with E-state index in [4.69, 9.17) is 0 Å². The van der Waals surface area contributed by atoms with Crippen LogP contribution in [-0.2, 0) is 9.59 Å². The van der Waals surface area contributed by atoms with Crippen LogP contribution in [0.25, 0.3) is 0 Å². The maximum atomic E-state index is 13.1. The highest BCUT2D eigenvalue weighted by molar-refractivity contribution is 5.97. The van der Waals surface area contributed by atoms with Gasteiger partial charge in [0.2, 0.25) is 11.8 Å². The smallest absolute Gasteiger partial charge is 0.251 e. The first-order valence-electron chi connectivity index (χ1n) is 10.3. The third-order valence-electron chi connectivity index (χ3n) is 5.61. The van der Waals surface area contributed by atoms with Gasteiger partial charge in [0.25, 0.3) is 5.91 Å². The summed E-state index contributed by atoms with van der Waals surface area (Å²) in [5, 5.41) is 3.00. The molecule has 6 nitrogen and oxygen atoms in total. The molecule has 1 aromatic carbocycles. The van der Waals surface area contributed by atoms with E-state index in [1.807, 2.05) is 44.7 Å². The third kappa shape index (κ3) is 5.33. The summed E-state index contributed by atoms with van der Waals surface area (Å²) >= 11 is 0. The number of rotatable bonds is 7. The lowest BCUT2D eigenvalue weighted by atomic mass is 9.88. The summed E-state index contributed by atoms with van der Waals surface area (Å²) in [4.78, 5) is 41.5. The number of aryl methyl sites for hydroxylation is 1. The Labute approximate surface area is 168 Å². The van der Waals surface area contributed by atoms with Crippen LogP contribution in [0.4, 0.5) is 0 Å². The molecule has 1 aliphatic heterocycles. The van der Waals surface area contributed by atoms with Crippen LogP contribution in [0.5, 0.6) is 0 Å². The first kappa shape index (κ1) is 21.9. The predicted molar refractivity (Wildman–Crippen MR) is 110 cm³/mol. The summed E-state index contributed by atoms with van der Waals surface area (Å²) in [6.07, 6.45) is 1.94. The van der Waals surface area contributed by atoms with E-state index in [1.165, 1.54) is 0 Å². The lowest BCUT2D eigenvalue weighted by Crippen LogP contribution is -2.54. The summed E-state index contributed by atoms with van der Waals surface area (Å²) in [5.74, 6) is -0.0829. The van der Waals surface area contributed by atoms with E-state index < -0.39 is 6.04 Å². The summed E-state index contributed by atoms with van der Waals surface area (Å²) in [5.41, 5.74) is 1.64. The number of likely N-dealkylation sites (tertiary alicyclic amines) is 1. The molecule has 0 aromatic heterocycles. The molecule has 0 saturated carbocycles. The summed E-state index contributed by atoms with van der Waals surface area (Å²) in [7, 11) is 0. The number of nitrogens with one attached hydrogen (secondary N) is 1. The van der Waals surface area contributed by atoms with Gasteiger partial charge in [0.15, 0.2) is 0 Å². The molecule has 1 N–H and O–H groups in total. The Kier molecular flexibility index (Phi) is 8.03. The fraction of sp³-hybridized carbons (Fsp3) is 0.591. The second-order valence-corrected chi connectivity index (χ2v) is 7.40. The summed E-state index contributed by atoms with van der Waals surface area (Å²) < 4.78 is 0. The van der Waals surface area contributed by atoms with Crippen molar-refractivity contribution in [1.29, 1.82) is 0 Å². The standard InChI is InChI=1S/C22H33N3O3/c1-5-19(26)25-14-12-17(13-15-25)20(22(28)24(6-2)7-3)23-21(27)18-10-8-16(4)9-11-18/h8-11,17,20H,5-7,12-15H2,1-4H3,(H,23,27)/t20-/m1/s1. The van der Waals surface area contributed by atoms with Gasteiger partial charge in [0, 0.05) is 38.2 Å². The van der Waals surface area contributed by atoms with Crippen LogP contribution < -0.4 is 5.32 Å². The molecule has 2 rings (SSSR count). The third-order valence-corrected chi connectivity index (χ3v) is 5.61. The minimum atomic E-state index is -0.562. The van der Waals surface area contributed by atoms with Crippen LogP contribution in [0.1, 0.15) is 56.0 Å². The van der Waals surface area contributed by atoms with Crippen LogP contribution in [-0.4, -0.2) is 59.7 Å². The van der Waals surface area contributed by atoms with E-state index in [2.05, 4.69) is 5.32 Å². The maximum absolute atomic E-state index is 13.1. The Hall–Kier alpha value is -2.37. The Balaban J connectivity index is 2.15. The van der Waals surface area contributed by atoms with Crippen molar-refractivity contribution in [3.63, 3.8) is 0 Å². The van der Waals surface area contributed by atoms with Gasteiger partial charge in [0.1, 0.15) is 6.04 Å². The topological polar surface area (TPSA) is 69.7 Å². The maximum Gasteiger partial charge on any atom is 0.251 e. The molecule has 0 aliphatic carbocycles. The van der Waals surface area contributed by atoms with E-state index in [-0.39, 0.29) is 23.6 Å². The lowest BCUT2D eigenvalue weighted by Gasteiger charge is -2.37. The van der Waals surface area contributed by atoms with Gasteiger partial charge in [-0.2, -0.15) is 0 Å². The molecule has 1 fully saturated rings. The monoisotopic (exact) mass is 387 g/mol. The van der Waals surface area contributed by atoms with Crippen molar-refractivity contribution in [3.8, 4) is 0 Å². The predicted octanol–water partition coefficient (Wildman–Crippen LogP) is 2.61. The molecule has 6 heteroatoms. The SMILES string of the molecule is CCC(=O)N1CCC([C@@H](NC(=O)c2ccc(C)cc2)C(=O)N(CC)CC)CC1. The first-order valence-corrected chi connectivity index (χ1v) is 10.3. The average molecular weight is 388 g/mol. The number of piperidine rings is 1. The molecule has 0 spiro atoms. The molecule has 1 saturated heterocycles. The number of likely N-dealkylation sites (N-methyl/N-ethyl adjacent to an activating group) is 1. The highest BCUT2D eigenvalue weighted by Gasteiger charge is 2.35. The highest BCUT2D eigenvalue weighted by Crippen LogP contribution is 2.23. The Morgan fingerprint density at radius 2 is 1.64 bits per heavy atom. The van der Waals surface area contributed by atoms with Gasteiger partial charge in [-0.1, -0.05) is 24.6 Å². The van der Waals surface area contributed by atoms with Crippen molar-refractivity contribution >= 4 is 17.7 Å². The minimum absolute atomic E-state index is 0.0309. The second-order valence-electron chi connectivity index (χ2n) is 7.40. The molecular formula is C22H33N3O3. The number of hydrogen-bond acceptors (Lipinski definition) is 3. The number of carbonyl (C=O) groups is 3. The van der Waals surface area contributed by atoms with Gasteiger partial charge >= 0.3 is 0 Å². The van der Waals surface area contributed by atoms with E-state index >= 15 is 0 Å². The van der Waals surface area contributed by atoms with Gasteiger partial charge in [-0.25, -0.2) is 0 Å². The van der Waals surface area contributed by atoms with E-state index in [0.29, 0.717) is 38.2 Å². The van der Waals surface area contributed by atoms with Crippen molar-refractivity contribution < 1.29 is 14.4 Å². The van der Waals surface area contributed by atoms with Gasteiger partial charge in [0.05, 0.1) is 0 Å². The molecule has 28 heavy (non-hydrogen) atoms. The number of carbonyl (C=O) groups excluding carboxylic acids is 3. The van der Waals surface area contributed by atoms with Gasteiger partial charge in [-0.15, -0.1) is 0 Å². The normalized spacial score (nSPS) is 15.8. The fourth-order valence-corrected chi connectivity index (χ4v) is 3.75. The van der Waals surface area contributed by atoms with E-state index in [9.17, 15) is 14.4 Å². The molecule has 1 aliphatic rings. The molecular weight excluding hydrogens is 354 g/mol. The minimum Gasteiger partial charge on any atom is -0.343 e. The Morgan fingerprint density at radius 3 is 2.14 bits per heavy atom. The van der Waals surface area contributed by atoms with Crippen LogP contribution in [0.2, 0.25) is 0 Å². The molecule has 0 unspecified atom stereocenters. The number of hydrogen-bond donors (Lipinski definition) is 1. The zero-order chi connectivity index (χ0) is 20.7. The summed E-state index contributed by atoms with van der Waals surface area (Å²) in [6, 6.07) is 6.79. The quantitative estimate of drug-likeness (QED) is 0.782. The first-order chi connectivity index (χ1) is 13.4. The second kappa shape index (κ2) is 10.2. The van der Waals surface area contributed by atoms with Crippen LogP contribution in [0, 0.1) is 12.8 Å². The molecule has 1 atom stereocenters. The van der Waals surface area contributed by atoms with Gasteiger partial charge < -0.3 is 15.1 Å². The Morgan fingerprint density at radius 1 is 1.07 bits per heavy atom. The molecule has 3 amide bonds. The van der Waals surface area contributed by atoms with Crippen LogP contribution >= 0.6 is 0 Å². The zero-order valence-corrected chi connectivity index (χ0v) is 17.5. The van der Waals surface area contributed by atoms with Crippen molar-refractivity contribution in [1.82, 2.24) is 15.1 Å². The van der Waals surface area contributed by atoms with E-state index in [1.54, 1.807) is 17.0 Å². The van der Waals surface area contributed by atoms with Gasteiger partial charge in [-0.3, -0.25) is 14.4 Å². The lowest BCUT2D eigenvalue weighted by molar-refractivity contribution is -0.135. The van der Waals surface area contributed by atoms with Crippen molar-refractivity contribution in [2.24, 2.45) is 5.92 Å². The number of benzene rings is 1. The molecule has 154 valence electrons. The zero-order valence-electron chi connectivity index (χ0n) is 17.5. The van der Waals surface area contributed by atoms with Crippen molar-refractivity contribution in [2.75, 3.05) is 26.2 Å². The average Bonchev–Trinajstić information content (AvgIpc) is 2.72. The molecule has 1 heterocycles. The van der Waals surface area contributed by atoms with Crippen LogP contribution in [0.3, 0.4) is 0 Å². The largest absolute Gasteiger partial charge is 0.343 e. The summed E-state index contributed by atoms with van der Waals surface area (Å²) in [6.45, 7) is 10.2. The van der Waals surface area contributed by atoms with Crippen LogP contribution in [0.15, 0.2) is 24.3 Å². The van der Waals surface area contributed by atoms with E-state index in [0.717, 1.165) is 18.4 Å². The fourth-order valence-electron chi connectivity index (χ4n) is 3.75. The highest BCUT2D eigenvalue weighted by atomic mass is 16.2. The molecule has 1 aromatic rings. The molecule has 0 radical (unpaired) electrons. The Bertz CT molecular complexity index is 675. The molecule has 0 bridgehead atoms. The van der Waals surface area contributed by atoms with Crippen molar-refractivity contribution in [3.05, 3.63) is 35.4 Å². The van der Waals surface area contributed by atoms with Crippen molar-refractivity contribution in [2.45, 2.75) is 53.0 Å².